The Morgan fingerprint density at radius 3 is 2.24 bits per heavy atom. The summed E-state index contributed by atoms with van der Waals surface area (Å²) in [4.78, 5) is 25.1. The number of benzene rings is 2. The second kappa shape index (κ2) is 7.82. The summed E-state index contributed by atoms with van der Waals surface area (Å²) in [6, 6.07) is 9.88. The minimum atomic E-state index is -1.28. The van der Waals surface area contributed by atoms with Gasteiger partial charge in [0.2, 0.25) is 5.91 Å². The van der Waals surface area contributed by atoms with Gasteiger partial charge < -0.3 is 10.6 Å². The summed E-state index contributed by atoms with van der Waals surface area (Å²) in [5, 5.41) is 6.82. The number of rotatable bonds is 5. The first-order valence-electron chi connectivity index (χ1n) is 8.92. The molecule has 2 saturated carbocycles. The minimum Gasteiger partial charge on any atom is -0.349 e. The summed E-state index contributed by atoms with van der Waals surface area (Å²) in [6.45, 7) is 0. The third-order valence-electron chi connectivity index (χ3n) is 4.97. The third kappa shape index (κ3) is 4.47. The lowest BCUT2D eigenvalue weighted by Crippen LogP contribution is -2.26. The predicted molar refractivity (Wildman–Crippen MR) is 118 cm³/mol. The molecule has 4 rings (SSSR count). The topological polar surface area (TPSA) is 58.2 Å². The van der Waals surface area contributed by atoms with Crippen molar-refractivity contribution in [3.05, 3.63) is 62.6 Å². The predicted octanol–water partition coefficient (Wildman–Crippen LogP) is 6.07. The van der Waals surface area contributed by atoms with Crippen LogP contribution in [-0.2, 0) is 4.79 Å². The van der Waals surface area contributed by atoms with Crippen molar-refractivity contribution in [1.82, 2.24) is 5.32 Å². The van der Waals surface area contributed by atoms with E-state index in [0.717, 1.165) is 12.8 Å². The van der Waals surface area contributed by atoms with Gasteiger partial charge >= 0.3 is 0 Å². The van der Waals surface area contributed by atoms with Crippen molar-refractivity contribution in [3.8, 4) is 0 Å². The lowest BCUT2D eigenvalue weighted by molar-refractivity contribution is -0.117. The minimum absolute atomic E-state index is 0.196. The van der Waals surface area contributed by atoms with Crippen LogP contribution in [0, 0.1) is 5.92 Å². The van der Waals surface area contributed by atoms with Crippen molar-refractivity contribution in [2.24, 2.45) is 5.92 Å². The highest BCUT2D eigenvalue weighted by Crippen LogP contribution is 2.65. The number of hydrogen-bond acceptors (Lipinski definition) is 2. The van der Waals surface area contributed by atoms with Gasteiger partial charge in [0.05, 0.1) is 16.5 Å². The van der Waals surface area contributed by atoms with E-state index in [9.17, 15) is 9.59 Å². The monoisotopic (exact) mass is 490 g/mol. The highest BCUT2D eigenvalue weighted by atomic mass is 35.5. The molecule has 29 heavy (non-hydrogen) atoms. The van der Waals surface area contributed by atoms with E-state index < -0.39 is 16.2 Å². The summed E-state index contributed by atoms with van der Waals surface area (Å²) in [5.74, 6) is -1.78. The second-order valence-electron chi connectivity index (χ2n) is 7.26. The molecular weight excluding hydrogens is 477 g/mol. The van der Waals surface area contributed by atoms with Crippen LogP contribution in [0.4, 0.5) is 5.69 Å². The summed E-state index contributed by atoms with van der Waals surface area (Å²) in [6.07, 6.45) is 1.92. The Morgan fingerprint density at radius 2 is 1.62 bits per heavy atom. The van der Waals surface area contributed by atoms with Gasteiger partial charge in [-0.2, -0.15) is 0 Å². The average molecular weight is 493 g/mol. The fraction of sp³-hybridized carbons (Fsp3) is 0.300. The van der Waals surface area contributed by atoms with Crippen LogP contribution in [0.15, 0.2) is 36.4 Å². The molecule has 2 aliphatic carbocycles. The lowest BCUT2D eigenvalue weighted by Gasteiger charge is -2.10. The van der Waals surface area contributed by atoms with Gasteiger partial charge in [-0.15, -0.1) is 23.2 Å². The van der Waals surface area contributed by atoms with Crippen molar-refractivity contribution in [3.63, 3.8) is 0 Å². The van der Waals surface area contributed by atoms with Crippen LogP contribution in [0.5, 0.6) is 0 Å². The molecule has 0 bridgehead atoms. The van der Waals surface area contributed by atoms with Gasteiger partial charge in [0.1, 0.15) is 4.33 Å². The quantitative estimate of drug-likeness (QED) is 0.498. The molecule has 0 aliphatic heterocycles. The lowest BCUT2D eigenvalue weighted by atomic mass is 10.1. The van der Waals surface area contributed by atoms with Gasteiger partial charge in [-0.1, -0.05) is 34.8 Å². The summed E-state index contributed by atoms with van der Waals surface area (Å²) in [5.41, 5.74) is 1.42. The Morgan fingerprint density at radius 1 is 0.966 bits per heavy atom. The zero-order valence-corrected chi connectivity index (χ0v) is 18.6. The van der Waals surface area contributed by atoms with Crippen LogP contribution in [0.2, 0.25) is 15.1 Å². The SMILES string of the molecule is O=C(NC1CC1)c1cc(NC(=O)[C@@H]2[C@@H](c3cc(Cl)cc(Cl)c3)C2(Cl)Cl)ccc1Cl. The van der Waals surface area contributed by atoms with E-state index in [-0.39, 0.29) is 17.9 Å². The fourth-order valence-electron chi connectivity index (χ4n) is 3.31. The molecule has 0 spiro atoms. The van der Waals surface area contributed by atoms with Crippen molar-refractivity contribution in [2.45, 2.75) is 29.1 Å². The molecule has 2 atom stereocenters. The number of halogens is 5. The molecule has 2 amide bonds. The van der Waals surface area contributed by atoms with Crippen LogP contribution in [0.25, 0.3) is 0 Å². The van der Waals surface area contributed by atoms with Gasteiger partial charge in [-0.05, 0) is 54.8 Å². The molecule has 4 nitrogen and oxygen atoms in total. The Hall–Kier alpha value is -1.17. The van der Waals surface area contributed by atoms with Crippen molar-refractivity contribution >= 4 is 75.5 Å². The normalized spacial score (nSPS) is 22.1. The Balaban J connectivity index is 1.51. The fourth-order valence-corrected chi connectivity index (χ4v) is 4.88. The van der Waals surface area contributed by atoms with Crippen LogP contribution >= 0.6 is 58.0 Å². The molecule has 0 unspecified atom stereocenters. The first-order chi connectivity index (χ1) is 13.7. The number of nitrogens with one attached hydrogen (secondary N) is 2. The average Bonchev–Trinajstić information content (AvgIpc) is 3.52. The number of carbonyl (C=O) groups is 2. The van der Waals surface area contributed by atoms with E-state index in [1.807, 2.05) is 0 Å². The second-order valence-corrected chi connectivity index (χ2v) is 9.99. The van der Waals surface area contributed by atoms with E-state index in [4.69, 9.17) is 58.0 Å². The van der Waals surface area contributed by atoms with Crippen molar-refractivity contribution in [2.75, 3.05) is 5.32 Å². The van der Waals surface area contributed by atoms with E-state index >= 15 is 0 Å². The Kier molecular flexibility index (Phi) is 5.69. The standard InChI is InChI=1S/C20H15Cl5N2O2/c21-10-5-9(6-11(22)7-10)16-17(20(16,24)25)19(29)27-13-3-4-15(23)14(8-13)18(28)26-12-1-2-12/h3-8,12,16-17H,1-2H2,(H,26,28)(H,27,29)/t16-,17+/m1/s1. The van der Waals surface area contributed by atoms with E-state index in [1.165, 1.54) is 6.07 Å². The zero-order chi connectivity index (χ0) is 20.9. The van der Waals surface area contributed by atoms with E-state index in [0.29, 0.717) is 31.9 Å². The first kappa shape index (κ1) is 21.1. The number of carbonyl (C=O) groups excluding carboxylic acids is 2. The van der Waals surface area contributed by atoms with Crippen LogP contribution in [0.1, 0.15) is 34.7 Å². The maximum absolute atomic E-state index is 12.8. The highest BCUT2D eigenvalue weighted by molar-refractivity contribution is 6.53. The molecule has 9 heteroatoms. The number of anilines is 1. The van der Waals surface area contributed by atoms with Crippen molar-refractivity contribution < 1.29 is 9.59 Å². The summed E-state index contributed by atoms with van der Waals surface area (Å²) in [7, 11) is 0. The number of amides is 2. The molecule has 2 fully saturated rings. The summed E-state index contributed by atoms with van der Waals surface area (Å²) >= 11 is 31.0. The maximum Gasteiger partial charge on any atom is 0.253 e. The van der Waals surface area contributed by atoms with Gasteiger partial charge in [0.25, 0.3) is 5.91 Å². The molecule has 2 aromatic carbocycles. The Bertz CT molecular complexity index is 986. The van der Waals surface area contributed by atoms with Crippen LogP contribution in [-0.4, -0.2) is 22.2 Å². The molecule has 152 valence electrons. The van der Waals surface area contributed by atoms with Crippen LogP contribution < -0.4 is 10.6 Å². The molecular formula is C20H15Cl5N2O2. The smallest absolute Gasteiger partial charge is 0.253 e. The number of hydrogen-bond donors (Lipinski definition) is 2. The maximum atomic E-state index is 12.8. The molecule has 2 aromatic rings. The molecule has 2 aliphatic rings. The third-order valence-corrected chi connectivity index (χ3v) is 6.68. The van der Waals surface area contributed by atoms with Crippen LogP contribution in [0.3, 0.4) is 0 Å². The molecule has 2 N–H and O–H groups in total. The molecule has 0 aromatic heterocycles. The van der Waals surface area contributed by atoms with E-state index in [2.05, 4.69) is 10.6 Å². The van der Waals surface area contributed by atoms with E-state index in [1.54, 1.807) is 30.3 Å². The zero-order valence-electron chi connectivity index (χ0n) is 14.8. The highest BCUT2D eigenvalue weighted by Gasteiger charge is 2.67. The Labute approximate surface area is 192 Å². The first-order valence-corrected chi connectivity index (χ1v) is 10.8. The van der Waals surface area contributed by atoms with Gasteiger partial charge in [-0.3, -0.25) is 9.59 Å². The van der Waals surface area contributed by atoms with Gasteiger partial charge in [-0.25, -0.2) is 0 Å². The van der Waals surface area contributed by atoms with Gasteiger partial charge in [0.15, 0.2) is 0 Å². The van der Waals surface area contributed by atoms with Gasteiger partial charge in [0, 0.05) is 27.7 Å². The van der Waals surface area contributed by atoms with Crippen molar-refractivity contribution in [1.29, 1.82) is 0 Å². The molecule has 0 saturated heterocycles. The molecule has 0 heterocycles. The molecule has 0 radical (unpaired) electrons. The summed E-state index contributed by atoms with van der Waals surface area (Å²) < 4.78 is -1.28. The number of alkyl halides is 2. The largest absolute Gasteiger partial charge is 0.349 e.